The zero-order valence-electron chi connectivity index (χ0n) is 16.8. The van der Waals surface area contributed by atoms with Gasteiger partial charge >= 0.3 is 5.97 Å². The number of benzene rings is 3. The first-order valence-corrected chi connectivity index (χ1v) is 10.9. The van der Waals surface area contributed by atoms with Crippen LogP contribution in [0.1, 0.15) is 11.1 Å². The smallest absolute Gasteiger partial charge is 0.328 e. The number of carbonyl (C=O) groups is 1. The Morgan fingerprint density at radius 2 is 1.32 bits per heavy atom. The molecule has 0 atom stereocenters. The highest BCUT2D eigenvalue weighted by atomic mass is 32.2. The fraction of sp³-hybridized carbons (Fsp3) is 0.174. The first-order valence-electron chi connectivity index (χ1n) is 9.45. The molecule has 0 saturated carbocycles. The second-order valence-corrected chi connectivity index (χ2v) is 9.32. The average Bonchev–Trinajstić information content (AvgIpc) is 2.79. The fourth-order valence-corrected chi connectivity index (χ4v) is 5.48. The van der Waals surface area contributed by atoms with Gasteiger partial charge in [-0.05, 0) is 23.3 Å². The van der Waals surface area contributed by atoms with E-state index in [1.807, 2.05) is 0 Å². The fourth-order valence-electron chi connectivity index (χ4n) is 3.52. The number of esters is 1. The van der Waals surface area contributed by atoms with Gasteiger partial charge in [-0.3, -0.25) is 14.9 Å². The summed E-state index contributed by atoms with van der Waals surface area (Å²) in [7, 11) is -3.16. The molecule has 0 N–H and O–H groups in total. The molecule has 0 fully saturated rings. The maximum absolute atomic E-state index is 13.9. The third-order valence-corrected chi connectivity index (χ3v) is 7.47. The number of hydrogen-bond acceptors (Lipinski definition) is 6. The van der Waals surface area contributed by atoms with Crippen molar-refractivity contribution < 1.29 is 22.9 Å². The number of non-ortho nitro benzene ring substituents is 1. The number of carbonyl (C=O) groups excluding carboxylic acids is 1. The summed E-state index contributed by atoms with van der Waals surface area (Å²) in [4.78, 5) is 23.3. The van der Waals surface area contributed by atoms with Crippen molar-refractivity contribution in [3.63, 3.8) is 0 Å². The Balaban J connectivity index is 2.20. The van der Waals surface area contributed by atoms with E-state index in [4.69, 9.17) is 4.74 Å². The molecule has 3 aromatic carbocycles. The summed E-state index contributed by atoms with van der Waals surface area (Å²) in [5.74, 6) is -0.890. The van der Waals surface area contributed by atoms with E-state index in [1.165, 1.54) is 0 Å². The quantitative estimate of drug-likeness (QED) is 0.301. The summed E-state index contributed by atoms with van der Waals surface area (Å²) in [5, 5.41) is 11.0. The van der Waals surface area contributed by atoms with Crippen molar-refractivity contribution in [1.29, 1.82) is 0 Å². The molecule has 0 aliphatic carbocycles. The highest BCUT2D eigenvalue weighted by molar-refractivity contribution is 7.93. The van der Waals surface area contributed by atoms with Crippen LogP contribution >= 0.6 is 0 Å². The molecule has 31 heavy (non-hydrogen) atoms. The molecule has 0 aromatic heterocycles. The Kier molecular flexibility index (Phi) is 6.50. The summed E-state index contributed by atoms with van der Waals surface area (Å²) < 4.78 is 30.8. The van der Waals surface area contributed by atoms with Crippen LogP contribution in [-0.4, -0.2) is 31.2 Å². The van der Waals surface area contributed by atoms with Gasteiger partial charge in [0.25, 0.3) is 5.69 Å². The Labute approximate surface area is 180 Å². The van der Waals surface area contributed by atoms with Crippen molar-refractivity contribution in [3.8, 4) is 0 Å². The van der Waals surface area contributed by atoms with E-state index >= 15 is 0 Å². The van der Waals surface area contributed by atoms with Crippen LogP contribution in [-0.2, 0) is 32.2 Å². The molecule has 0 amide bonds. The molecule has 0 radical (unpaired) electrons. The highest BCUT2D eigenvalue weighted by Crippen LogP contribution is 2.35. The maximum atomic E-state index is 13.9. The van der Waals surface area contributed by atoms with Crippen LogP contribution in [0.25, 0.3) is 0 Å². The van der Waals surface area contributed by atoms with E-state index in [0.29, 0.717) is 11.1 Å². The third kappa shape index (κ3) is 4.49. The number of sulfone groups is 1. The molecule has 3 aromatic rings. The van der Waals surface area contributed by atoms with E-state index in [0.717, 1.165) is 31.4 Å². The number of nitrogens with zero attached hydrogens (tertiary/aromatic N) is 1. The van der Waals surface area contributed by atoms with Gasteiger partial charge in [0.2, 0.25) is 0 Å². The number of ether oxygens (including phenoxy) is 1. The lowest BCUT2D eigenvalue weighted by atomic mass is 9.91. The van der Waals surface area contributed by atoms with Crippen LogP contribution in [0.4, 0.5) is 5.69 Å². The number of rotatable bonds is 8. The summed E-state index contributed by atoms with van der Waals surface area (Å²) >= 11 is 0. The second kappa shape index (κ2) is 9.09. The molecule has 7 nitrogen and oxygen atoms in total. The lowest BCUT2D eigenvalue weighted by Crippen LogP contribution is -2.51. The zero-order valence-corrected chi connectivity index (χ0v) is 17.6. The van der Waals surface area contributed by atoms with Gasteiger partial charge < -0.3 is 4.74 Å². The Morgan fingerprint density at radius 1 is 0.871 bits per heavy atom. The normalized spacial score (nSPS) is 11.6. The number of methoxy groups -OCH3 is 1. The highest BCUT2D eigenvalue weighted by Gasteiger charge is 2.52. The van der Waals surface area contributed by atoms with Gasteiger partial charge in [0, 0.05) is 25.0 Å². The molecular formula is C23H21NO6S. The molecule has 0 saturated heterocycles. The predicted octanol–water partition coefficient (Wildman–Crippen LogP) is 3.77. The van der Waals surface area contributed by atoms with Crippen LogP contribution in [0.15, 0.2) is 89.8 Å². The Bertz CT molecular complexity index is 1120. The van der Waals surface area contributed by atoms with E-state index < -0.39 is 25.5 Å². The largest absolute Gasteiger partial charge is 0.468 e. The predicted molar refractivity (Wildman–Crippen MR) is 115 cm³/mol. The van der Waals surface area contributed by atoms with Crippen molar-refractivity contribution in [1.82, 2.24) is 0 Å². The van der Waals surface area contributed by atoms with Gasteiger partial charge in [-0.25, -0.2) is 8.42 Å². The summed E-state index contributed by atoms with van der Waals surface area (Å²) in [6.07, 6.45) is -0.233. The van der Waals surface area contributed by atoms with Crippen LogP contribution in [0.3, 0.4) is 0 Å². The molecule has 0 aliphatic rings. The molecule has 0 heterocycles. The van der Waals surface area contributed by atoms with Crippen LogP contribution in [0.5, 0.6) is 0 Å². The number of hydrogen-bond donors (Lipinski definition) is 0. The lowest BCUT2D eigenvalue weighted by Gasteiger charge is -2.31. The molecule has 0 aliphatic heterocycles. The lowest BCUT2D eigenvalue weighted by molar-refractivity contribution is -0.384. The molecule has 8 heteroatoms. The van der Waals surface area contributed by atoms with Gasteiger partial charge in [-0.2, -0.15) is 0 Å². The van der Waals surface area contributed by atoms with E-state index in [9.17, 15) is 23.3 Å². The minimum Gasteiger partial charge on any atom is -0.468 e. The molecule has 0 spiro atoms. The van der Waals surface area contributed by atoms with Gasteiger partial charge in [0.1, 0.15) is 0 Å². The van der Waals surface area contributed by atoms with Crippen molar-refractivity contribution in [3.05, 3.63) is 106 Å². The van der Waals surface area contributed by atoms with E-state index in [-0.39, 0.29) is 23.4 Å². The Hall–Kier alpha value is -3.52. The Morgan fingerprint density at radius 3 is 1.71 bits per heavy atom. The van der Waals surface area contributed by atoms with Crippen LogP contribution in [0, 0.1) is 10.1 Å². The first kappa shape index (κ1) is 22.2. The van der Waals surface area contributed by atoms with E-state index in [2.05, 4.69) is 0 Å². The molecular weight excluding hydrogens is 418 g/mol. The van der Waals surface area contributed by atoms with Crippen molar-refractivity contribution in [2.24, 2.45) is 0 Å². The monoisotopic (exact) mass is 439 g/mol. The molecule has 3 rings (SSSR count). The van der Waals surface area contributed by atoms with Crippen LogP contribution in [0.2, 0.25) is 0 Å². The van der Waals surface area contributed by atoms with Gasteiger partial charge in [-0.1, -0.05) is 60.7 Å². The van der Waals surface area contributed by atoms with Crippen molar-refractivity contribution in [2.75, 3.05) is 7.11 Å². The minimum absolute atomic E-state index is 0.116. The topological polar surface area (TPSA) is 104 Å². The standard InChI is InChI=1S/C23H21NO6S/c1-30-22(25)23(16-18-8-4-2-5-9-18,17-19-10-6-3-7-11-19)31(28,29)21-14-12-20(13-15-21)24(26)27/h2-15H,16-17H2,1H3. The second-order valence-electron chi connectivity index (χ2n) is 7.07. The number of nitro groups is 1. The first-order chi connectivity index (χ1) is 14.8. The van der Waals surface area contributed by atoms with Crippen molar-refractivity contribution in [2.45, 2.75) is 22.5 Å². The molecule has 0 unspecified atom stereocenters. The number of nitro benzene ring substituents is 1. The van der Waals surface area contributed by atoms with Gasteiger partial charge in [0.05, 0.1) is 16.9 Å². The van der Waals surface area contributed by atoms with E-state index in [1.54, 1.807) is 60.7 Å². The molecule has 160 valence electrons. The summed E-state index contributed by atoms with van der Waals surface area (Å²) in [5.41, 5.74) is 1.05. The van der Waals surface area contributed by atoms with Crippen LogP contribution < -0.4 is 0 Å². The minimum atomic E-state index is -4.31. The third-order valence-electron chi connectivity index (χ3n) is 5.09. The molecule has 0 bridgehead atoms. The maximum Gasteiger partial charge on any atom is 0.328 e. The SMILES string of the molecule is COC(=O)C(Cc1ccccc1)(Cc1ccccc1)S(=O)(=O)c1ccc([N+](=O)[O-])cc1. The van der Waals surface area contributed by atoms with Gasteiger partial charge in [-0.15, -0.1) is 0 Å². The van der Waals surface area contributed by atoms with Gasteiger partial charge in [0.15, 0.2) is 14.6 Å². The van der Waals surface area contributed by atoms with Crippen molar-refractivity contribution >= 4 is 21.5 Å². The summed E-state index contributed by atoms with van der Waals surface area (Å²) in [6, 6.07) is 22.1. The summed E-state index contributed by atoms with van der Waals surface area (Å²) in [6.45, 7) is 0. The zero-order chi connectivity index (χ0) is 22.5. The average molecular weight is 439 g/mol.